The van der Waals surface area contributed by atoms with Gasteiger partial charge < -0.3 is 20.1 Å². The Labute approximate surface area is 107 Å². The van der Waals surface area contributed by atoms with Gasteiger partial charge in [0, 0.05) is 38.4 Å². The molecule has 6 nitrogen and oxygen atoms in total. The highest BCUT2D eigenvalue weighted by atomic mass is 16.2. The highest BCUT2D eigenvalue weighted by molar-refractivity contribution is 5.92. The fourth-order valence-electron chi connectivity index (χ4n) is 2.25. The van der Waals surface area contributed by atoms with Crippen LogP contribution >= 0.6 is 0 Å². The van der Waals surface area contributed by atoms with Crippen LogP contribution in [-0.2, 0) is 6.54 Å². The van der Waals surface area contributed by atoms with Crippen LogP contribution in [0.25, 0.3) is 0 Å². The standard InChI is InChI=1S/C12H21N5O/c1-15(2)10-3-5-17(7-10)12(18)11-8-16(6-4-13)9-14-11/h8-10H,3-7,13H2,1-2H3. The zero-order valence-corrected chi connectivity index (χ0v) is 11.0. The zero-order valence-electron chi connectivity index (χ0n) is 11.0. The largest absolute Gasteiger partial charge is 0.336 e. The molecular formula is C12H21N5O. The summed E-state index contributed by atoms with van der Waals surface area (Å²) >= 11 is 0. The molecule has 2 heterocycles. The first-order valence-corrected chi connectivity index (χ1v) is 6.29. The van der Waals surface area contributed by atoms with Crippen LogP contribution in [0.4, 0.5) is 0 Å². The van der Waals surface area contributed by atoms with E-state index in [0.29, 0.717) is 24.8 Å². The average molecular weight is 251 g/mol. The molecule has 1 amide bonds. The van der Waals surface area contributed by atoms with Gasteiger partial charge in [0.25, 0.3) is 5.91 Å². The molecular weight excluding hydrogens is 230 g/mol. The van der Waals surface area contributed by atoms with E-state index in [2.05, 4.69) is 24.0 Å². The molecule has 1 aromatic rings. The Morgan fingerprint density at radius 3 is 3.00 bits per heavy atom. The third kappa shape index (κ3) is 2.70. The van der Waals surface area contributed by atoms with E-state index < -0.39 is 0 Å². The SMILES string of the molecule is CN(C)C1CCN(C(=O)c2cn(CCN)cn2)C1. The van der Waals surface area contributed by atoms with Crippen molar-refractivity contribution in [3.63, 3.8) is 0 Å². The quantitative estimate of drug-likeness (QED) is 0.792. The molecule has 6 heteroatoms. The number of likely N-dealkylation sites (N-methyl/N-ethyl adjacent to an activating group) is 1. The maximum absolute atomic E-state index is 12.2. The Kier molecular flexibility index (Phi) is 3.98. The van der Waals surface area contributed by atoms with Gasteiger partial charge in [-0.05, 0) is 20.5 Å². The molecule has 2 rings (SSSR count). The monoisotopic (exact) mass is 251 g/mol. The average Bonchev–Trinajstić information content (AvgIpc) is 2.97. The smallest absolute Gasteiger partial charge is 0.274 e. The molecule has 0 aliphatic carbocycles. The minimum absolute atomic E-state index is 0.0233. The van der Waals surface area contributed by atoms with Gasteiger partial charge in [-0.2, -0.15) is 0 Å². The molecule has 0 bridgehead atoms. The summed E-state index contributed by atoms with van der Waals surface area (Å²) < 4.78 is 1.85. The lowest BCUT2D eigenvalue weighted by atomic mass is 10.2. The maximum Gasteiger partial charge on any atom is 0.274 e. The molecule has 1 saturated heterocycles. The minimum atomic E-state index is 0.0233. The van der Waals surface area contributed by atoms with Crippen LogP contribution in [0.1, 0.15) is 16.9 Å². The van der Waals surface area contributed by atoms with Gasteiger partial charge in [0.2, 0.25) is 0 Å². The van der Waals surface area contributed by atoms with Crippen molar-refractivity contribution in [2.45, 2.75) is 19.0 Å². The number of hydrogen-bond acceptors (Lipinski definition) is 4. The molecule has 100 valence electrons. The van der Waals surface area contributed by atoms with Crippen molar-refractivity contribution in [1.29, 1.82) is 0 Å². The van der Waals surface area contributed by atoms with Crippen molar-refractivity contribution in [3.8, 4) is 0 Å². The molecule has 0 saturated carbocycles. The fraction of sp³-hybridized carbons (Fsp3) is 0.667. The van der Waals surface area contributed by atoms with Crippen LogP contribution in [0.15, 0.2) is 12.5 Å². The van der Waals surface area contributed by atoms with Crippen LogP contribution in [0.3, 0.4) is 0 Å². The van der Waals surface area contributed by atoms with Crippen molar-refractivity contribution < 1.29 is 4.79 Å². The summed E-state index contributed by atoms with van der Waals surface area (Å²) in [5.74, 6) is 0.0233. The first kappa shape index (κ1) is 13.0. The number of carbonyl (C=O) groups excluding carboxylic acids is 1. The van der Waals surface area contributed by atoms with Crippen LogP contribution in [-0.4, -0.2) is 65.0 Å². The van der Waals surface area contributed by atoms with Crippen molar-refractivity contribution >= 4 is 5.91 Å². The maximum atomic E-state index is 12.2. The number of nitrogens with two attached hydrogens (primary N) is 1. The molecule has 0 spiro atoms. The van der Waals surface area contributed by atoms with Gasteiger partial charge in [-0.15, -0.1) is 0 Å². The van der Waals surface area contributed by atoms with E-state index in [9.17, 15) is 4.79 Å². The first-order valence-electron chi connectivity index (χ1n) is 6.29. The van der Waals surface area contributed by atoms with Gasteiger partial charge >= 0.3 is 0 Å². The molecule has 1 atom stereocenters. The zero-order chi connectivity index (χ0) is 13.1. The lowest BCUT2D eigenvalue weighted by Gasteiger charge is -2.19. The lowest BCUT2D eigenvalue weighted by molar-refractivity contribution is 0.0777. The van der Waals surface area contributed by atoms with Gasteiger partial charge in [-0.25, -0.2) is 4.98 Å². The van der Waals surface area contributed by atoms with Gasteiger partial charge in [-0.3, -0.25) is 4.79 Å². The van der Waals surface area contributed by atoms with E-state index in [0.717, 1.165) is 19.5 Å². The molecule has 1 aliphatic heterocycles. The van der Waals surface area contributed by atoms with E-state index in [-0.39, 0.29) is 5.91 Å². The summed E-state index contributed by atoms with van der Waals surface area (Å²) in [4.78, 5) is 20.4. The Morgan fingerprint density at radius 2 is 2.39 bits per heavy atom. The van der Waals surface area contributed by atoms with Crippen molar-refractivity contribution in [3.05, 3.63) is 18.2 Å². The number of likely N-dealkylation sites (tertiary alicyclic amines) is 1. The van der Waals surface area contributed by atoms with Crippen LogP contribution in [0, 0.1) is 0 Å². The van der Waals surface area contributed by atoms with Gasteiger partial charge in [0.1, 0.15) is 5.69 Å². The Hall–Kier alpha value is -1.40. The van der Waals surface area contributed by atoms with Crippen LogP contribution < -0.4 is 5.73 Å². The molecule has 1 aliphatic rings. The third-order valence-electron chi connectivity index (χ3n) is 3.42. The second-order valence-electron chi connectivity index (χ2n) is 4.94. The Bertz CT molecular complexity index is 414. The lowest BCUT2D eigenvalue weighted by Crippen LogP contribution is -2.34. The molecule has 1 fully saturated rings. The highest BCUT2D eigenvalue weighted by Gasteiger charge is 2.28. The third-order valence-corrected chi connectivity index (χ3v) is 3.42. The van der Waals surface area contributed by atoms with Crippen molar-refractivity contribution in [1.82, 2.24) is 19.4 Å². The first-order chi connectivity index (χ1) is 8.61. The molecule has 0 aromatic carbocycles. The summed E-state index contributed by atoms with van der Waals surface area (Å²) in [6.45, 7) is 2.85. The van der Waals surface area contributed by atoms with Crippen molar-refractivity contribution in [2.75, 3.05) is 33.7 Å². The van der Waals surface area contributed by atoms with Crippen molar-refractivity contribution in [2.24, 2.45) is 5.73 Å². The topological polar surface area (TPSA) is 67.4 Å². The number of aromatic nitrogens is 2. The fourth-order valence-corrected chi connectivity index (χ4v) is 2.25. The summed E-state index contributed by atoms with van der Waals surface area (Å²) in [6.07, 6.45) is 4.47. The van der Waals surface area contributed by atoms with Crippen LogP contribution in [0.2, 0.25) is 0 Å². The molecule has 2 N–H and O–H groups in total. The molecule has 0 radical (unpaired) electrons. The molecule has 18 heavy (non-hydrogen) atoms. The predicted octanol–water partition coefficient (Wildman–Crippen LogP) is -0.382. The van der Waals surface area contributed by atoms with E-state index >= 15 is 0 Å². The van der Waals surface area contributed by atoms with Gasteiger partial charge in [0.05, 0.1) is 6.33 Å². The second kappa shape index (κ2) is 5.49. The summed E-state index contributed by atoms with van der Waals surface area (Å²) in [6, 6.07) is 0.458. The number of amides is 1. The van der Waals surface area contributed by atoms with E-state index in [1.54, 1.807) is 12.5 Å². The number of nitrogens with zero attached hydrogens (tertiary/aromatic N) is 4. The summed E-state index contributed by atoms with van der Waals surface area (Å²) in [5.41, 5.74) is 5.99. The minimum Gasteiger partial charge on any atom is -0.336 e. The normalized spacial score (nSPS) is 19.8. The van der Waals surface area contributed by atoms with E-state index in [1.807, 2.05) is 9.47 Å². The summed E-state index contributed by atoms with van der Waals surface area (Å²) in [5, 5.41) is 0. The van der Waals surface area contributed by atoms with Gasteiger partial charge in [0.15, 0.2) is 0 Å². The van der Waals surface area contributed by atoms with Gasteiger partial charge in [-0.1, -0.05) is 0 Å². The summed E-state index contributed by atoms with van der Waals surface area (Å²) in [7, 11) is 4.10. The predicted molar refractivity (Wildman–Crippen MR) is 69.3 cm³/mol. The highest BCUT2D eigenvalue weighted by Crippen LogP contribution is 2.15. The molecule has 1 unspecified atom stereocenters. The number of hydrogen-bond donors (Lipinski definition) is 1. The number of imidazole rings is 1. The Morgan fingerprint density at radius 1 is 1.61 bits per heavy atom. The Balaban J connectivity index is 1.99. The molecule has 1 aromatic heterocycles. The van der Waals surface area contributed by atoms with E-state index in [1.165, 1.54) is 0 Å². The van der Waals surface area contributed by atoms with E-state index in [4.69, 9.17) is 5.73 Å². The second-order valence-corrected chi connectivity index (χ2v) is 4.94. The number of carbonyl (C=O) groups is 1. The van der Waals surface area contributed by atoms with Crippen LogP contribution in [0.5, 0.6) is 0 Å². The number of rotatable bonds is 4.